The number of fused-ring (bicyclic) bond motifs is 1. The van der Waals surface area contributed by atoms with E-state index in [1.165, 1.54) is 0 Å². The molecule has 2 aromatic carbocycles. The molecular formula is C23H27N5O4. The van der Waals surface area contributed by atoms with Gasteiger partial charge in [0.05, 0.1) is 30.8 Å². The van der Waals surface area contributed by atoms with Crippen molar-refractivity contribution in [2.24, 2.45) is 11.8 Å². The molecule has 168 valence electrons. The molecule has 9 nitrogen and oxygen atoms in total. The maximum atomic E-state index is 13.0. The monoisotopic (exact) mass is 437 g/mol. The smallest absolute Gasteiger partial charge is 0.229 e. The van der Waals surface area contributed by atoms with Gasteiger partial charge in [0.15, 0.2) is 6.29 Å². The van der Waals surface area contributed by atoms with Gasteiger partial charge < -0.3 is 26.0 Å². The number of piperidine rings is 1. The van der Waals surface area contributed by atoms with E-state index in [0.29, 0.717) is 17.1 Å². The zero-order valence-electron chi connectivity index (χ0n) is 18.2. The van der Waals surface area contributed by atoms with Crippen LogP contribution >= 0.6 is 0 Å². The van der Waals surface area contributed by atoms with Crippen molar-refractivity contribution in [3.05, 3.63) is 53.6 Å². The molecule has 2 saturated heterocycles. The molecule has 4 unspecified atom stereocenters. The molecule has 4 atom stereocenters. The first-order valence-corrected chi connectivity index (χ1v) is 10.5. The zero-order valence-corrected chi connectivity index (χ0v) is 18.2. The van der Waals surface area contributed by atoms with Crippen LogP contribution in [0.3, 0.4) is 0 Å². The van der Waals surface area contributed by atoms with Crippen LogP contribution in [0.4, 0.5) is 11.4 Å². The minimum atomic E-state index is -0.796. The molecule has 0 bridgehead atoms. The van der Waals surface area contributed by atoms with Gasteiger partial charge in [-0.05, 0) is 49.2 Å². The number of aryl methyl sites for hydroxylation is 2. The van der Waals surface area contributed by atoms with Crippen LogP contribution in [0.5, 0.6) is 5.75 Å². The van der Waals surface area contributed by atoms with Gasteiger partial charge in [-0.1, -0.05) is 18.2 Å². The van der Waals surface area contributed by atoms with Crippen LogP contribution < -0.4 is 31.3 Å². The van der Waals surface area contributed by atoms with Crippen LogP contribution in [0.15, 0.2) is 42.5 Å². The molecule has 3 amide bonds. The molecule has 0 aliphatic carbocycles. The van der Waals surface area contributed by atoms with Gasteiger partial charge in [0.2, 0.25) is 17.7 Å². The van der Waals surface area contributed by atoms with Gasteiger partial charge in [-0.2, -0.15) is 0 Å². The predicted molar refractivity (Wildman–Crippen MR) is 120 cm³/mol. The first-order valence-electron chi connectivity index (χ1n) is 10.5. The summed E-state index contributed by atoms with van der Waals surface area (Å²) in [5.74, 6) is -1.88. The second kappa shape index (κ2) is 8.88. The molecule has 2 fully saturated rings. The number of rotatable bonds is 5. The lowest BCUT2D eigenvalue weighted by Crippen LogP contribution is -2.72. The Hall–Kier alpha value is -3.59. The van der Waals surface area contributed by atoms with Crippen molar-refractivity contribution in [3.63, 3.8) is 0 Å². The van der Waals surface area contributed by atoms with Gasteiger partial charge in [0.1, 0.15) is 5.75 Å². The molecule has 32 heavy (non-hydrogen) atoms. The van der Waals surface area contributed by atoms with E-state index < -0.39 is 24.3 Å². The third-order valence-corrected chi connectivity index (χ3v) is 5.97. The Bertz CT molecular complexity index is 1060. The average Bonchev–Trinajstić information content (AvgIpc) is 2.75. The van der Waals surface area contributed by atoms with Crippen molar-refractivity contribution in [2.45, 2.75) is 32.7 Å². The van der Waals surface area contributed by atoms with Crippen molar-refractivity contribution in [2.75, 3.05) is 17.7 Å². The summed E-state index contributed by atoms with van der Waals surface area (Å²) in [6.07, 6.45) is -1.40. The maximum absolute atomic E-state index is 13.0. The first kappa shape index (κ1) is 21.6. The van der Waals surface area contributed by atoms with Gasteiger partial charge in [0, 0.05) is 12.1 Å². The van der Waals surface area contributed by atoms with Gasteiger partial charge >= 0.3 is 0 Å². The lowest BCUT2D eigenvalue weighted by Gasteiger charge is -2.43. The Labute approximate surface area is 186 Å². The number of para-hydroxylation sites is 2. The molecule has 2 heterocycles. The Kier molecular flexibility index (Phi) is 6.00. The average molecular weight is 438 g/mol. The Morgan fingerprint density at radius 3 is 2.59 bits per heavy atom. The van der Waals surface area contributed by atoms with Crippen LogP contribution in [-0.4, -0.2) is 37.3 Å². The highest BCUT2D eigenvalue weighted by Gasteiger charge is 2.48. The molecule has 2 aromatic rings. The van der Waals surface area contributed by atoms with E-state index in [4.69, 9.17) is 4.74 Å². The lowest BCUT2D eigenvalue weighted by molar-refractivity contribution is -0.144. The van der Waals surface area contributed by atoms with Crippen LogP contribution in [0, 0.1) is 25.7 Å². The molecule has 4 rings (SSSR count). The number of benzene rings is 2. The fourth-order valence-electron chi connectivity index (χ4n) is 4.13. The highest BCUT2D eigenvalue weighted by molar-refractivity contribution is 6.00. The molecule has 0 saturated carbocycles. The summed E-state index contributed by atoms with van der Waals surface area (Å²) in [7, 11) is 1.56. The number of hydrogen-bond donors (Lipinski definition) is 5. The molecule has 0 aromatic heterocycles. The minimum Gasteiger partial charge on any atom is -0.495 e. The van der Waals surface area contributed by atoms with Crippen molar-refractivity contribution in [1.29, 1.82) is 0 Å². The number of amides is 3. The van der Waals surface area contributed by atoms with E-state index in [9.17, 15) is 14.4 Å². The Morgan fingerprint density at radius 2 is 1.84 bits per heavy atom. The van der Waals surface area contributed by atoms with Gasteiger partial charge in [-0.15, -0.1) is 0 Å². The predicted octanol–water partition coefficient (Wildman–Crippen LogP) is 1.44. The summed E-state index contributed by atoms with van der Waals surface area (Å²) in [4.78, 5) is 38.4. The number of carbonyl (C=O) groups is 3. The number of ether oxygens (including phenoxy) is 1. The number of hydrogen-bond acceptors (Lipinski definition) is 6. The van der Waals surface area contributed by atoms with E-state index in [1.807, 2.05) is 50.2 Å². The summed E-state index contributed by atoms with van der Waals surface area (Å²) < 4.78 is 5.33. The zero-order chi connectivity index (χ0) is 22.8. The topological polar surface area (TPSA) is 121 Å². The van der Waals surface area contributed by atoms with Crippen LogP contribution in [0.25, 0.3) is 0 Å². The van der Waals surface area contributed by atoms with Crippen LogP contribution in [0.1, 0.15) is 17.5 Å². The fourth-order valence-corrected chi connectivity index (χ4v) is 4.13. The molecule has 0 spiro atoms. The van der Waals surface area contributed by atoms with E-state index in [0.717, 1.165) is 11.1 Å². The number of anilines is 2. The molecular weight excluding hydrogens is 410 g/mol. The SMILES string of the molecule is COc1ccccc1NC1NC(=O)C2C(NC(=O)CC2C(=O)Nc2ccc(C)c(C)c2)N1. The summed E-state index contributed by atoms with van der Waals surface area (Å²) in [5.41, 5.74) is 3.48. The normalized spacial score (nSPS) is 24.6. The second-order valence-electron chi connectivity index (χ2n) is 8.12. The summed E-state index contributed by atoms with van der Waals surface area (Å²) in [5, 5.41) is 14.8. The van der Waals surface area contributed by atoms with Gasteiger partial charge in [0.25, 0.3) is 0 Å². The van der Waals surface area contributed by atoms with Gasteiger partial charge in [-0.25, -0.2) is 0 Å². The first-order chi connectivity index (χ1) is 15.4. The van der Waals surface area contributed by atoms with Crippen molar-refractivity contribution in [1.82, 2.24) is 16.0 Å². The molecule has 0 radical (unpaired) electrons. The third kappa shape index (κ3) is 4.38. The van der Waals surface area contributed by atoms with E-state index in [-0.39, 0.29) is 24.1 Å². The standard InChI is InChI=1S/C23H27N5O4/c1-12-8-9-14(10-13(12)2)24-21(30)15-11-18(29)26-20-19(15)22(31)28-23(27-20)25-16-6-4-5-7-17(16)32-3/h4-10,15,19-20,23,25,27H,11H2,1-3H3,(H,24,30)(H,26,29)(H,28,31). The molecule has 9 heteroatoms. The summed E-state index contributed by atoms with van der Waals surface area (Å²) >= 11 is 0. The van der Waals surface area contributed by atoms with E-state index in [2.05, 4.69) is 26.6 Å². The summed E-state index contributed by atoms with van der Waals surface area (Å²) in [6.45, 7) is 3.95. The molecule has 2 aliphatic heterocycles. The highest BCUT2D eigenvalue weighted by Crippen LogP contribution is 2.29. The minimum absolute atomic E-state index is 0.0580. The Balaban J connectivity index is 1.49. The summed E-state index contributed by atoms with van der Waals surface area (Å²) in [6, 6.07) is 12.9. The lowest BCUT2D eigenvalue weighted by atomic mass is 9.81. The van der Waals surface area contributed by atoms with Crippen LogP contribution in [0.2, 0.25) is 0 Å². The maximum Gasteiger partial charge on any atom is 0.229 e. The number of carbonyl (C=O) groups excluding carboxylic acids is 3. The highest BCUT2D eigenvalue weighted by atomic mass is 16.5. The fraction of sp³-hybridized carbons (Fsp3) is 0.348. The van der Waals surface area contributed by atoms with Crippen molar-refractivity contribution < 1.29 is 19.1 Å². The van der Waals surface area contributed by atoms with Crippen molar-refractivity contribution in [3.8, 4) is 5.75 Å². The Morgan fingerprint density at radius 1 is 1.06 bits per heavy atom. The quantitative estimate of drug-likeness (QED) is 0.483. The molecule has 5 N–H and O–H groups in total. The van der Waals surface area contributed by atoms with Crippen molar-refractivity contribution >= 4 is 29.1 Å². The van der Waals surface area contributed by atoms with E-state index in [1.54, 1.807) is 13.2 Å². The largest absolute Gasteiger partial charge is 0.495 e. The van der Waals surface area contributed by atoms with Gasteiger partial charge in [-0.3, -0.25) is 19.7 Å². The number of methoxy groups -OCH3 is 1. The van der Waals surface area contributed by atoms with E-state index >= 15 is 0 Å². The number of nitrogens with one attached hydrogen (secondary N) is 5. The molecule has 2 aliphatic rings. The second-order valence-corrected chi connectivity index (χ2v) is 8.12. The third-order valence-electron chi connectivity index (χ3n) is 5.97. The van der Waals surface area contributed by atoms with Crippen LogP contribution in [-0.2, 0) is 14.4 Å².